The average molecular weight is 605 g/mol. The maximum atomic E-state index is 13.2. The Balaban J connectivity index is 1.15. The molecule has 5 heterocycles. The van der Waals surface area contributed by atoms with Crippen LogP contribution >= 0.6 is 11.3 Å². The first-order chi connectivity index (χ1) is 20.6. The number of nitrogens with zero attached hydrogens (tertiary/aromatic N) is 8. The summed E-state index contributed by atoms with van der Waals surface area (Å²) in [4.78, 5) is 34.0. The van der Waals surface area contributed by atoms with Gasteiger partial charge in [-0.2, -0.15) is 0 Å². The lowest BCUT2D eigenvalue weighted by molar-refractivity contribution is 0.0134. The Hall–Kier alpha value is -3.34. The molecule has 3 aliphatic rings. The van der Waals surface area contributed by atoms with E-state index in [1.807, 2.05) is 38.1 Å². The summed E-state index contributed by atoms with van der Waals surface area (Å²) in [5.41, 5.74) is 1.85. The molecule has 1 saturated carbocycles. The van der Waals surface area contributed by atoms with Crippen molar-refractivity contribution in [1.82, 2.24) is 30.0 Å². The lowest BCUT2D eigenvalue weighted by Crippen LogP contribution is -2.52. The summed E-state index contributed by atoms with van der Waals surface area (Å²) >= 11 is 1.55. The van der Waals surface area contributed by atoms with Gasteiger partial charge in [-0.15, -0.1) is 10.2 Å². The SMILES string of the molecule is CC(C)(C)OC(=O)N(CC1CC1)[C@@H]1CCCN(c2ccc(C(C)(C)c3nnc(-c4cncc(N5CCCC5)n4)s3)nc2)C1. The molecule has 1 amide bonds. The van der Waals surface area contributed by atoms with Crippen LogP contribution in [0.3, 0.4) is 0 Å². The second kappa shape index (κ2) is 12.0. The Morgan fingerprint density at radius 2 is 1.74 bits per heavy atom. The van der Waals surface area contributed by atoms with E-state index in [0.717, 1.165) is 78.5 Å². The van der Waals surface area contributed by atoms with Crippen molar-refractivity contribution in [1.29, 1.82) is 0 Å². The molecule has 10 nitrogen and oxygen atoms in total. The van der Waals surface area contributed by atoms with Crippen LogP contribution in [0.25, 0.3) is 10.7 Å². The van der Waals surface area contributed by atoms with Gasteiger partial charge in [-0.05, 0) is 91.2 Å². The molecule has 11 heteroatoms. The van der Waals surface area contributed by atoms with Crippen LogP contribution in [0, 0.1) is 5.92 Å². The van der Waals surface area contributed by atoms with Gasteiger partial charge in [0.2, 0.25) is 0 Å². The van der Waals surface area contributed by atoms with Crippen molar-refractivity contribution in [3.8, 4) is 10.7 Å². The highest BCUT2D eigenvalue weighted by Gasteiger charge is 2.36. The number of anilines is 2. The highest BCUT2D eigenvalue weighted by Crippen LogP contribution is 2.36. The first-order valence-corrected chi connectivity index (χ1v) is 16.5. The fourth-order valence-corrected chi connectivity index (χ4v) is 6.81. The molecule has 3 aromatic heterocycles. The van der Waals surface area contributed by atoms with Crippen molar-refractivity contribution < 1.29 is 9.53 Å². The van der Waals surface area contributed by atoms with Gasteiger partial charge in [-0.25, -0.2) is 9.78 Å². The molecule has 2 saturated heterocycles. The number of ether oxygens (including phenoxy) is 1. The number of amides is 1. The minimum atomic E-state index is -0.501. The van der Waals surface area contributed by atoms with Gasteiger partial charge in [0.1, 0.15) is 22.1 Å². The normalized spacial score (nSPS) is 19.5. The van der Waals surface area contributed by atoms with E-state index in [0.29, 0.717) is 5.92 Å². The Labute approximate surface area is 258 Å². The molecule has 3 aromatic rings. The van der Waals surface area contributed by atoms with E-state index in [2.05, 4.69) is 51.0 Å². The van der Waals surface area contributed by atoms with E-state index >= 15 is 0 Å². The lowest BCUT2D eigenvalue weighted by Gasteiger charge is -2.40. The minimum Gasteiger partial charge on any atom is -0.444 e. The van der Waals surface area contributed by atoms with Crippen molar-refractivity contribution >= 4 is 28.9 Å². The van der Waals surface area contributed by atoms with Crippen molar-refractivity contribution in [2.45, 2.75) is 90.2 Å². The molecule has 0 N–H and O–H groups in total. The van der Waals surface area contributed by atoms with Crippen LogP contribution in [0.4, 0.5) is 16.3 Å². The minimum absolute atomic E-state index is 0.132. The Morgan fingerprint density at radius 1 is 0.977 bits per heavy atom. The van der Waals surface area contributed by atoms with E-state index < -0.39 is 11.0 Å². The largest absolute Gasteiger partial charge is 0.444 e. The van der Waals surface area contributed by atoms with Crippen LogP contribution in [0.1, 0.15) is 83.8 Å². The molecule has 0 spiro atoms. The van der Waals surface area contributed by atoms with Crippen LogP contribution in [0.15, 0.2) is 30.7 Å². The highest BCUT2D eigenvalue weighted by atomic mass is 32.1. The maximum absolute atomic E-state index is 13.2. The van der Waals surface area contributed by atoms with E-state index in [1.54, 1.807) is 17.5 Å². The summed E-state index contributed by atoms with van der Waals surface area (Å²) in [6.45, 7) is 14.7. The summed E-state index contributed by atoms with van der Waals surface area (Å²) in [5.74, 6) is 1.51. The molecule has 1 aliphatic carbocycles. The summed E-state index contributed by atoms with van der Waals surface area (Å²) < 4.78 is 5.81. The Kier molecular flexibility index (Phi) is 8.28. The number of aromatic nitrogens is 5. The number of hydrogen-bond acceptors (Lipinski definition) is 10. The van der Waals surface area contributed by atoms with Gasteiger partial charge in [-0.3, -0.25) is 9.97 Å². The zero-order valence-corrected chi connectivity index (χ0v) is 26.9. The molecule has 2 aliphatic heterocycles. The van der Waals surface area contributed by atoms with Gasteiger partial charge in [0.15, 0.2) is 5.01 Å². The molecule has 43 heavy (non-hydrogen) atoms. The van der Waals surface area contributed by atoms with Crippen molar-refractivity contribution in [2.24, 2.45) is 5.92 Å². The number of carbonyl (C=O) groups is 1. The van der Waals surface area contributed by atoms with Crippen LogP contribution in [-0.4, -0.2) is 80.5 Å². The number of hydrogen-bond donors (Lipinski definition) is 0. The van der Waals surface area contributed by atoms with Gasteiger partial charge in [-0.1, -0.05) is 11.3 Å². The summed E-state index contributed by atoms with van der Waals surface area (Å²) in [7, 11) is 0. The standard InChI is InChI=1S/C32H44N8O2S/c1-31(2,3)42-30(41)40(20-22-10-11-22)24-9-8-16-39(21-24)23-12-13-26(34-17-23)32(4,5)29-37-36-28(43-29)25-18-33-19-27(35-25)38-14-6-7-15-38/h12-13,17-19,22,24H,6-11,14-16,20-21H2,1-5H3/t24-/m1/s1. The predicted molar refractivity (Wildman–Crippen MR) is 170 cm³/mol. The first kappa shape index (κ1) is 29.7. The fourth-order valence-electron chi connectivity index (χ4n) is 5.90. The van der Waals surface area contributed by atoms with Crippen molar-refractivity contribution in [2.75, 3.05) is 42.5 Å². The third-order valence-electron chi connectivity index (χ3n) is 8.60. The van der Waals surface area contributed by atoms with Crippen LogP contribution in [-0.2, 0) is 10.2 Å². The Bertz CT molecular complexity index is 1410. The summed E-state index contributed by atoms with van der Waals surface area (Å²) in [5, 5.41) is 10.7. The third kappa shape index (κ3) is 6.92. The van der Waals surface area contributed by atoms with Crippen molar-refractivity contribution in [3.05, 3.63) is 41.4 Å². The molecule has 0 aromatic carbocycles. The molecule has 6 rings (SSSR count). The molecular weight excluding hydrogens is 560 g/mol. The van der Waals surface area contributed by atoms with E-state index in [1.165, 1.54) is 25.7 Å². The van der Waals surface area contributed by atoms with Gasteiger partial charge in [0.05, 0.1) is 41.4 Å². The number of pyridine rings is 1. The van der Waals surface area contributed by atoms with Gasteiger partial charge in [0.25, 0.3) is 0 Å². The van der Waals surface area contributed by atoms with Crippen molar-refractivity contribution in [3.63, 3.8) is 0 Å². The van der Waals surface area contributed by atoms with Gasteiger partial charge < -0.3 is 19.4 Å². The van der Waals surface area contributed by atoms with Gasteiger partial charge in [0, 0.05) is 32.7 Å². The monoisotopic (exact) mass is 604 g/mol. The second-order valence-electron chi connectivity index (χ2n) is 13.7. The van der Waals surface area contributed by atoms with Crippen LogP contribution in [0.5, 0.6) is 0 Å². The molecule has 0 radical (unpaired) electrons. The zero-order chi connectivity index (χ0) is 30.2. The highest BCUT2D eigenvalue weighted by molar-refractivity contribution is 7.14. The number of carbonyl (C=O) groups excluding carboxylic acids is 1. The molecule has 3 fully saturated rings. The molecule has 1 atom stereocenters. The van der Waals surface area contributed by atoms with E-state index in [-0.39, 0.29) is 12.1 Å². The second-order valence-corrected chi connectivity index (χ2v) is 14.7. The summed E-state index contributed by atoms with van der Waals surface area (Å²) in [6.07, 6.45) is 12.2. The Morgan fingerprint density at radius 3 is 2.44 bits per heavy atom. The number of rotatable bonds is 8. The average Bonchev–Trinajstić information content (AvgIpc) is 3.41. The van der Waals surface area contributed by atoms with Gasteiger partial charge >= 0.3 is 6.09 Å². The zero-order valence-electron chi connectivity index (χ0n) is 26.1. The van der Waals surface area contributed by atoms with E-state index in [4.69, 9.17) is 14.7 Å². The molecular formula is C32H44N8O2S. The predicted octanol–water partition coefficient (Wildman–Crippen LogP) is 5.93. The quantitative estimate of drug-likeness (QED) is 0.310. The van der Waals surface area contributed by atoms with Crippen LogP contribution < -0.4 is 9.80 Å². The third-order valence-corrected chi connectivity index (χ3v) is 9.87. The smallest absolute Gasteiger partial charge is 0.410 e. The topological polar surface area (TPSA) is 100 Å². The van der Waals surface area contributed by atoms with Crippen LogP contribution in [0.2, 0.25) is 0 Å². The lowest BCUT2D eigenvalue weighted by atomic mass is 9.89. The maximum Gasteiger partial charge on any atom is 0.410 e. The molecule has 0 unspecified atom stereocenters. The summed E-state index contributed by atoms with van der Waals surface area (Å²) in [6, 6.07) is 4.38. The number of piperidine rings is 1. The van der Waals surface area contributed by atoms with E-state index in [9.17, 15) is 4.79 Å². The molecule has 230 valence electrons. The fraction of sp³-hybridized carbons (Fsp3) is 0.625. The molecule has 0 bridgehead atoms. The first-order valence-electron chi connectivity index (χ1n) is 15.7.